The van der Waals surface area contributed by atoms with Crippen LogP contribution in [0.5, 0.6) is 0 Å². The number of nitriles is 1. The van der Waals surface area contributed by atoms with Crippen molar-refractivity contribution in [1.82, 2.24) is 4.98 Å². The molecule has 1 heterocycles. The molecule has 0 atom stereocenters. The van der Waals surface area contributed by atoms with Gasteiger partial charge in [0.2, 0.25) is 0 Å². The van der Waals surface area contributed by atoms with Crippen LogP contribution in [0.15, 0.2) is 30.5 Å². The second kappa shape index (κ2) is 5.65. The Balaban J connectivity index is 2.18. The monoisotopic (exact) mass is 257 g/mol. The number of rotatable bonds is 4. The number of thiazole rings is 1. The summed E-state index contributed by atoms with van der Waals surface area (Å²) in [7, 11) is 1.97. The molecule has 4 heteroatoms. The van der Waals surface area contributed by atoms with E-state index in [0.717, 1.165) is 23.7 Å². The average molecular weight is 257 g/mol. The summed E-state index contributed by atoms with van der Waals surface area (Å²) in [5.41, 5.74) is 2.44. The Hall–Kier alpha value is -1.86. The lowest BCUT2D eigenvalue weighted by Gasteiger charge is -2.16. The molecular formula is C14H15N3S. The fourth-order valence-electron chi connectivity index (χ4n) is 1.76. The number of benzene rings is 1. The number of anilines is 2. The summed E-state index contributed by atoms with van der Waals surface area (Å²) in [6.07, 6.45) is 3.88. The summed E-state index contributed by atoms with van der Waals surface area (Å²) >= 11 is 1.40. The molecule has 0 N–H and O–H groups in total. The molecule has 1 aromatic heterocycles. The Kier molecular flexibility index (Phi) is 3.96. The Morgan fingerprint density at radius 1 is 1.33 bits per heavy atom. The fourth-order valence-corrected chi connectivity index (χ4v) is 2.45. The van der Waals surface area contributed by atoms with Crippen molar-refractivity contribution in [2.75, 3.05) is 11.9 Å². The summed E-state index contributed by atoms with van der Waals surface area (Å²) in [6.45, 7) is 2.18. The van der Waals surface area contributed by atoms with Crippen LogP contribution in [0.25, 0.3) is 0 Å². The van der Waals surface area contributed by atoms with Crippen molar-refractivity contribution in [2.24, 2.45) is 0 Å². The molecule has 3 nitrogen and oxygen atoms in total. The molecule has 2 aromatic rings. The van der Waals surface area contributed by atoms with Gasteiger partial charge in [-0.05, 0) is 24.1 Å². The SMILES string of the molecule is CCCc1ccc(N(C)c2ncc(C#N)s2)cc1. The van der Waals surface area contributed by atoms with Gasteiger partial charge in [0.1, 0.15) is 10.9 Å². The van der Waals surface area contributed by atoms with Crippen molar-refractivity contribution in [2.45, 2.75) is 19.8 Å². The maximum absolute atomic E-state index is 8.80. The zero-order valence-electron chi connectivity index (χ0n) is 10.6. The third-order valence-electron chi connectivity index (χ3n) is 2.75. The first-order valence-corrected chi connectivity index (χ1v) is 6.75. The highest BCUT2D eigenvalue weighted by Crippen LogP contribution is 2.27. The third-order valence-corrected chi connectivity index (χ3v) is 3.73. The van der Waals surface area contributed by atoms with Gasteiger partial charge < -0.3 is 4.90 Å². The Labute approximate surface area is 111 Å². The molecule has 2 rings (SSSR count). The first kappa shape index (κ1) is 12.6. The van der Waals surface area contributed by atoms with Crippen molar-refractivity contribution in [3.05, 3.63) is 40.9 Å². The maximum Gasteiger partial charge on any atom is 0.190 e. The molecule has 18 heavy (non-hydrogen) atoms. The van der Waals surface area contributed by atoms with Crippen molar-refractivity contribution in [3.8, 4) is 6.07 Å². The summed E-state index contributed by atoms with van der Waals surface area (Å²) in [5, 5.41) is 9.64. The van der Waals surface area contributed by atoms with Gasteiger partial charge in [0.25, 0.3) is 0 Å². The largest absolute Gasteiger partial charge is 0.321 e. The Morgan fingerprint density at radius 2 is 2.06 bits per heavy atom. The summed E-state index contributed by atoms with van der Waals surface area (Å²) in [5.74, 6) is 0. The van der Waals surface area contributed by atoms with E-state index >= 15 is 0 Å². The van der Waals surface area contributed by atoms with Crippen molar-refractivity contribution < 1.29 is 0 Å². The van der Waals surface area contributed by atoms with E-state index in [2.05, 4.69) is 42.2 Å². The minimum Gasteiger partial charge on any atom is -0.321 e. The summed E-state index contributed by atoms with van der Waals surface area (Å²) in [6, 6.07) is 10.6. The van der Waals surface area contributed by atoms with Gasteiger partial charge in [0.05, 0.1) is 6.20 Å². The van der Waals surface area contributed by atoms with Crippen LogP contribution in [-0.2, 0) is 6.42 Å². The first-order valence-electron chi connectivity index (χ1n) is 5.93. The van der Waals surface area contributed by atoms with Gasteiger partial charge >= 0.3 is 0 Å². The molecule has 0 spiro atoms. The van der Waals surface area contributed by atoms with Crippen LogP contribution in [-0.4, -0.2) is 12.0 Å². The van der Waals surface area contributed by atoms with Crippen LogP contribution in [0.3, 0.4) is 0 Å². The molecule has 0 aliphatic heterocycles. The van der Waals surface area contributed by atoms with E-state index < -0.39 is 0 Å². The van der Waals surface area contributed by atoms with Crippen LogP contribution in [0.4, 0.5) is 10.8 Å². The average Bonchev–Trinajstić information content (AvgIpc) is 2.88. The molecular weight excluding hydrogens is 242 g/mol. The van der Waals surface area contributed by atoms with Crippen LogP contribution in [0.1, 0.15) is 23.8 Å². The molecule has 92 valence electrons. The van der Waals surface area contributed by atoms with E-state index in [-0.39, 0.29) is 0 Å². The smallest absolute Gasteiger partial charge is 0.190 e. The number of hydrogen-bond donors (Lipinski definition) is 0. The van der Waals surface area contributed by atoms with Crippen LogP contribution in [0.2, 0.25) is 0 Å². The summed E-state index contributed by atoms with van der Waals surface area (Å²) in [4.78, 5) is 6.88. The van der Waals surface area contributed by atoms with E-state index in [1.807, 2.05) is 11.9 Å². The van der Waals surface area contributed by atoms with E-state index in [9.17, 15) is 0 Å². The molecule has 0 bridgehead atoms. The fraction of sp³-hybridized carbons (Fsp3) is 0.286. The van der Waals surface area contributed by atoms with E-state index in [1.165, 1.54) is 16.9 Å². The minimum atomic E-state index is 0.638. The van der Waals surface area contributed by atoms with Crippen molar-refractivity contribution in [1.29, 1.82) is 5.26 Å². The van der Waals surface area contributed by atoms with Gasteiger partial charge in [-0.1, -0.05) is 36.8 Å². The van der Waals surface area contributed by atoms with Crippen LogP contribution >= 0.6 is 11.3 Å². The van der Waals surface area contributed by atoms with Gasteiger partial charge in [-0.2, -0.15) is 5.26 Å². The maximum atomic E-state index is 8.80. The molecule has 0 amide bonds. The Bertz CT molecular complexity index is 551. The molecule has 0 saturated carbocycles. The van der Waals surface area contributed by atoms with Gasteiger partial charge in [-0.25, -0.2) is 4.98 Å². The zero-order chi connectivity index (χ0) is 13.0. The topological polar surface area (TPSA) is 39.9 Å². The Morgan fingerprint density at radius 3 is 2.61 bits per heavy atom. The van der Waals surface area contributed by atoms with E-state index in [4.69, 9.17) is 5.26 Å². The van der Waals surface area contributed by atoms with Crippen molar-refractivity contribution >= 4 is 22.2 Å². The standard InChI is InChI=1S/C14H15N3S/c1-3-4-11-5-7-12(8-6-11)17(2)14-16-10-13(9-15)18-14/h5-8,10H,3-4H2,1-2H3. The van der Waals surface area contributed by atoms with E-state index in [0.29, 0.717) is 4.88 Å². The lowest BCUT2D eigenvalue weighted by atomic mass is 10.1. The molecule has 0 radical (unpaired) electrons. The second-order valence-corrected chi connectivity index (χ2v) is 5.10. The first-order chi connectivity index (χ1) is 8.74. The highest BCUT2D eigenvalue weighted by atomic mass is 32.1. The van der Waals surface area contributed by atoms with Gasteiger partial charge in [-0.3, -0.25) is 0 Å². The van der Waals surface area contributed by atoms with Gasteiger partial charge in [0, 0.05) is 12.7 Å². The molecule has 0 aliphatic carbocycles. The predicted molar refractivity (Wildman–Crippen MR) is 75.3 cm³/mol. The second-order valence-electron chi connectivity index (χ2n) is 4.09. The van der Waals surface area contributed by atoms with Crippen LogP contribution < -0.4 is 4.90 Å². The predicted octanol–water partition coefficient (Wildman–Crippen LogP) is 3.74. The molecule has 0 unspecified atom stereocenters. The lowest BCUT2D eigenvalue weighted by molar-refractivity contribution is 0.921. The molecule has 1 aromatic carbocycles. The van der Waals surface area contributed by atoms with Crippen LogP contribution in [0, 0.1) is 11.3 Å². The van der Waals surface area contributed by atoms with E-state index in [1.54, 1.807) is 6.20 Å². The highest BCUT2D eigenvalue weighted by molar-refractivity contribution is 7.16. The minimum absolute atomic E-state index is 0.638. The van der Waals surface area contributed by atoms with Gasteiger partial charge in [-0.15, -0.1) is 0 Å². The molecule has 0 saturated heterocycles. The van der Waals surface area contributed by atoms with Gasteiger partial charge in [0.15, 0.2) is 5.13 Å². The highest BCUT2D eigenvalue weighted by Gasteiger charge is 2.08. The summed E-state index contributed by atoms with van der Waals surface area (Å²) < 4.78 is 0. The quantitative estimate of drug-likeness (QED) is 0.837. The third kappa shape index (κ3) is 2.69. The number of aromatic nitrogens is 1. The number of aryl methyl sites for hydroxylation is 1. The lowest BCUT2D eigenvalue weighted by Crippen LogP contribution is -2.08. The zero-order valence-corrected chi connectivity index (χ0v) is 11.4. The van der Waals surface area contributed by atoms with Crippen molar-refractivity contribution in [3.63, 3.8) is 0 Å². The number of hydrogen-bond acceptors (Lipinski definition) is 4. The molecule has 0 aliphatic rings. The molecule has 0 fully saturated rings. The normalized spacial score (nSPS) is 10.1. The number of nitrogens with zero attached hydrogens (tertiary/aromatic N) is 3.